The molecule has 6 nitrogen and oxygen atoms in total. The van der Waals surface area contributed by atoms with Crippen LogP contribution in [0.4, 0.5) is 0 Å². The minimum Gasteiger partial charge on any atom is -0.381 e. The predicted molar refractivity (Wildman–Crippen MR) is 85.0 cm³/mol. The summed E-state index contributed by atoms with van der Waals surface area (Å²) in [7, 11) is 1.99. The van der Waals surface area contributed by atoms with Crippen LogP contribution in [0.15, 0.2) is 23.0 Å². The fourth-order valence-corrected chi connectivity index (χ4v) is 4.28. The zero-order valence-corrected chi connectivity index (χ0v) is 13.9. The summed E-state index contributed by atoms with van der Waals surface area (Å²) in [5.41, 5.74) is 2.69. The average molecular weight is 316 g/mol. The van der Waals surface area contributed by atoms with Gasteiger partial charge in [0.2, 0.25) is 0 Å². The van der Waals surface area contributed by atoms with Crippen molar-refractivity contribution in [1.82, 2.24) is 19.8 Å². The molecule has 2 aliphatic heterocycles. The van der Waals surface area contributed by atoms with Gasteiger partial charge in [-0.05, 0) is 30.7 Å². The van der Waals surface area contributed by atoms with Crippen molar-refractivity contribution in [3.8, 4) is 0 Å². The number of nitrogens with zero attached hydrogens (tertiary/aromatic N) is 4. The Balaban J connectivity index is 1.58. The quantitative estimate of drug-likeness (QED) is 0.868. The van der Waals surface area contributed by atoms with Gasteiger partial charge < -0.3 is 9.26 Å². The molecular formula is C17H24N4O2. The van der Waals surface area contributed by atoms with Crippen LogP contribution in [0.3, 0.4) is 0 Å². The molecule has 0 aromatic carbocycles. The number of aryl methyl sites for hydroxylation is 2. The van der Waals surface area contributed by atoms with Gasteiger partial charge in [0.25, 0.3) is 0 Å². The normalized spacial score (nSPS) is 24.5. The van der Waals surface area contributed by atoms with E-state index in [9.17, 15) is 0 Å². The molecule has 0 aliphatic carbocycles. The van der Waals surface area contributed by atoms with E-state index in [1.54, 1.807) is 0 Å². The lowest BCUT2D eigenvalue weighted by Crippen LogP contribution is -2.36. The number of hydrogen-bond donors (Lipinski definition) is 0. The van der Waals surface area contributed by atoms with Gasteiger partial charge in [0.05, 0.1) is 11.9 Å². The second-order valence-corrected chi connectivity index (χ2v) is 7.07. The Kier molecular flexibility index (Phi) is 3.73. The third kappa shape index (κ3) is 2.81. The lowest BCUT2D eigenvalue weighted by molar-refractivity contribution is 0.0118. The zero-order valence-electron chi connectivity index (χ0n) is 13.9. The third-order valence-corrected chi connectivity index (χ3v) is 5.40. The minimum absolute atomic E-state index is 0.306. The van der Waals surface area contributed by atoms with Gasteiger partial charge in [0.1, 0.15) is 5.76 Å². The molecule has 0 amide bonds. The van der Waals surface area contributed by atoms with E-state index in [-0.39, 0.29) is 0 Å². The van der Waals surface area contributed by atoms with Crippen LogP contribution in [0.2, 0.25) is 0 Å². The largest absolute Gasteiger partial charge is 0.381 e. The van der Waals surface area contributed by atoms with Crippen LogP contribution in [-0.2, 0) is 18.3 Å². The van der Waals surface area contributed by atoms with Crippen molar-refractivity contribution in [1.29, 1.82) is 0 Å². The van der Waals surface area contributed by atoms with Crippen LogP contribution in [0.25, 0.3) is 0 Å². The van der Waals surface area contributed by atoms with E-state index in [1.165, 1.54) is 5.56 Å². The van der Waals surface area contributed by atoms with Crippen molar-refractivity contribution in [2.24, 2.45) is 12.5 Å². The fraction of sp³-hybridized carbons (Fsp3) is 0.647. The van der Waals surface area contributed by atoms with Crippen molar-refractivity contribution < 1.29 is 9.26 Å². The monoisotopic (exact) mass is 316 g/mol. The van der Waals surface area contributed by atoms with Crippen LogP contribution >= 0.6 is 0 Å². The van der Waals surface area contributed by atoms with E-state index < -0.39 is 0 Å². The number of likely N-dealkylation sites (tertiary alicyclic amines) is 1. The van der Waals surface area contributed by atoms with Crippen LogP contribution in [-0.4, -0.2) is 46.1 Å². The molecule has 2 aliphatic rings. The van der Waals surface area contributed by atoms with Crippen molar-refractivity contribution >= 4 is 0 Å². The van der Waals surface area contributed by atoms with E-state index in [0.717, 1.165) is 57.1 Å². The molecule has 6 heteroatoms. The minimum atomic E-state index is 0.306. The maximum absolute atomic E-state index is 5.64. The Hall–Kier alpha value is -1.66. The molecular weight excluding hydrogens is 292 g/mol. The van der Waals surface area contributed by atoms with Crippen molar-refractivity contribution in [3.63, 3.8) is 0 Å². The Morgan fingerprint density at radius 3 is 2.83 bits per heavy atom. The maximum Gasteiger partial charge on any atom is 0.133 e. The summed E-state index contributed by atoms with van der Waals surface area (Å²) in [6, 6.07) is 2.04. The highest BCUT2D eigenvalue weighted by Crippen LogP contribution is 2.49. The topological polar surface area (TPSA) is 56.3 Å². The molecule has 1 spiro atoms. The Morgan fingerprint density at radius 2 is 2.17 bits per heavy atom. The average Bonchev–Trinajstić information content (AvgIpc) is 3.21. The first kappa shape index (κ1) is 14.9. The predicted octanol–water partition coefficient (Wildman–Crippen LogP) is 2.11. The van der Waals surface area contributed by atoms with Crippen LogP contribution in [0.5, 0.6) is 0 Å². The van der Waals surface area contributed by atoms with Gasteiger partial charge in [0.15, 0.2) is 0 Å². The van der Waals surface area contributed by atoms with Gasteiger partial charge >= 0.3 is 0 Å². The van der Waals surface area contributed by atoms with E-state index in [1.807, 2.05) is 30.9 Å². The van der Waals surface area contributed by atoms with Crippen LogP contribution in [0, 0.1) is 12.3 Å². The summed E-state index contributed by atoms with van der Waals surface area (Å²) in [6.45, 7) is 6.69. The molecule has 4 heterocycles. The van der Waals surface area contributed by atoms with E-state index in [2.05, 4.69) is 21.4 Å². The second kappa shape index (κ2) is 5.76. The highest BCUT2D eigenvalue weighted by atomic mass is 16.5. The van der Waals surface area contributed by atoms with Gasteiger partial charge in [-0.1, -0.05) is 5.16 Å². The third-order valence-electron chi connectivity index (χ3n) is 5.40. The maximum atomic E-state index is 5.64. The SMILES string of the molecule is Cc1cc(CN2C[C@H](c3cnn(C)c3)C3(CCOCC3)C2)no1. The molecule has 124 valence electrons. The molecule has 0 saturated carbocycles. The number of hydrogen-bond acceptors (Lipinski definition) is 5. The Bertz CT molecular complexity index is 672. The highest BCUT2D eigenvalue weighted by Gasteiger charge is 2.48. The van der Waals surface area contributed by atoms with Crippen molar-refractivity contribution in [2.45, 2.75) is 32.2 Å². The first-order valence-electron chi connectivity index (χ1n) is 8.35. The van der Waals surface area contributed by atoms with Gasteiger partial charge in [-0.25, -0.2) is 0 Å². The molecule has 2 saturated heterocycles. The van der Waals surface area contributed by atoms with Gasteiger partial charge in [-0.2, -0.15) is 5.10 Å². The zero-order chi connectivity index (χ0) is 15.9. The van der Waals surface area contributed by atoms with Gasteiger partial charge in [-0.3, -0.25) is 9.58 Å². The van der Waals surface area contributed by atoms with E-state index >= 15 is 0 Å². The smallest absolute Gasteiger partial charge is 0.133 e. The lowest BCUT2D eigenvalue weighted by Gasteiger charge is -2.38. The molecule has 2 fully saturated rings. The van der Waals surface area contributed by atoms with Crippen LogP contribution < -0.4 is 0 Å². The summed E-state index contributed by atoms with van der Waals surface area (Å²) >= 11 is 0. The van der Waals surface area contributed by atoms with Crippen LogP contribution in [0.1, 0.15) is 35.8 Å². The fourth-order valence-electron chi connectivity index (χ4n) is 4.28. The molecule has 0 N–H and O–H groups in total. The van der Waals surface area contributed by atoms with Crippen molar-refractivity contribution in [3.05, 3.63) is 35.5 Å². The first-order chi connectivity index (χ1) is 11.1. The molecule has 4 rings (SSSR count). The van der Waals surface area contributed by atoms with E-state index in [0.29, 0.717) is 11.3 Å². The molecule has 0 bridgehead atoms. The van der Waals surface area contributed by atoms with Gasteiger partial charge in [0, 0.05) is 58.1 Å². The number of rotatable bonds is 3. The summed E-state index contributed by atoms with van der Waals surface area (Å²) in [6.07, 6.45) is 6.46. The number of ether oxygens (including phenoxy) is 1. The summed E-state index contributed by atoms with van der Waals surface area (Å²) in [5, 5.41) is 8.55. The molecule has 0 radical (unpaired) electrons. The number of aromatic nitrogens is 3. The summed E-state index contributed by atoms with van der Waals surface area (Å²) in [4.78, 5) is 2.51. The standard InChI is InChI=1S/C17H24N4O2/c1-13-7-15(19-23-13)10-21-11-16(14-8-18-20(2)9-14)17(12-21)3-5-22-6-4-17/h7-9,16H,3-6,10-12H2,1-2H3/t16-/m1/s1. The van der Waals surface area contributed by atoms with Gasteiger partial charge in [-0.15, -0.1) is 0 Å². The Morgan fingerprint density at radius 1 is 1.35 bits per heavy atom. The molecule has 2 aromatic heterocycles. The second-order valence-electron chi connectivity index (χ2n) is 7.07. The summed E-state index contributed by atoms with van der Waals surface area (Å²) < 4.78 is 12.8. The highest BCUT2D eigenvalue weighted by molar-refractivity contribution is 5.21. The molecule has 2 aromatic rings. The first-order valence-corrected chi connectivity index (χ1v) is 8.35. The molecule has 1 atom stereocenters. The molecule has 0 unspecified atom stereocenters. The Labute approximate surface area is 136 Å². The lowest BCUT2D eigenvalue weighted by atomic mass is 9.70. The van der Waals surface area contributed by atoms with Crippen molar-refractivity contribution in [2.75, 3.05) is 26.3 Å². The summed E-state index contributed by atoms with van der Waals surface area (Å²) in [5.74, 6) is 1.40. The molecule has 23 heavy (non-hydrogen) atoms. The van der Waals surface area contributed by atoms with E-state index in [4.69, 9.17) is 9.26 Å².